The molecule has 126 valence electrons. The molecular formula is C18H24N6. The summed E-state index contributed by atoms with van der Waals surface area (Å²) in [6, 6.07) is 5.41. The topological polar surface area (TPSA) is 58.0 Å². The van der Waals surface area contributed by atoms with Crippen molar-refractivity contribution in [3.63, 3.8) is 0 Å². The van der Waals surface area contributed by atoms with Crippen LogP contribution < -0.4 is 9.80 Å². The Hall–Kier alpha value is -2.24. The lowest BCUT2D eigenvalue weighted by atomic mass is 10.0. The Morgan fingerprint density at radius 3 is 2.50 bits per heavy atom. The van der Waals surface area contributed by atoms with Crippen molar-refractivity contribution in [3.8, 4) is 0 Å². The average Bonchev–Trinajstić information content (AvgIpc) is 3.48. The number of rotatable bonds is 5. The zero-order valence-corrected chi connectivity index (χ0v) is 14.2. The van der Waals surface area contributed by atoms with Gasteiger partial charge in [-0.15, -0.1) is 0 Å². The molecule has 0 amide bonds. The second kappa shape index (κ2) is 6.71. The minimum atomic E-state index is 0.566. The molecule has 0 radical (unpaired) electrons. The van der Waals surface area contributed by atoms with Crippen molar-refractivity contribution in [2.24, 2.45) is 0 Å². The molecule has 2 aromatic heterocycles. The highest BCUT2D eigenvalue weighted by Gasteiger charge is 2.36. The lowest BCUT2D eigenvalue weighted by Gasteiger charge is -2.39. The first-order valence-corrected chi connectivity index (χ1v) is 8.95. The zero-order valence-electron chi connectivity index (χ0n) is 14.2. The molecule has 1 aliphatic heterocycles. The van der Waals surface area contributed by atoms with Crippen LogP contribution in [0.5, 0.6) is 0 Å². The number of hydrogen-bond donors (Lipinski definition) is 0. The van der Waals surface area contributed by atoms with Crippen LogP contribution in [-0.2, 0) is 6.42 Å². The fourth-order valence-electron chi connectivity index (χ4n) is 3.59. The van der Waals surface area contributed by atoms with E-state index in [2.05, 4.69) is 42.7 Å². The van der Waals surface area contributed by atoms with E-state index < -0.39 is 0 Å². The molecule has 0 atom stereocenters. The number of aryl methyl sites for hydroxylation is 1. The van der Waals surface area contributed by atoms with Crippen molar-refractivity contribution in [3.05, 3.63) is 36.7 Å². The summed E-state index contributed by atoms with van der Waals surface area (Å²) < 4.78 is 0. The summed E-state index contributed by atoms with van der Waals surface area (Å²) in [5, 5.41) is 0. The number of piperidine rings is 1. The van der Waals surface area contributed by atoms with Gasteiger partial charge < -0.3 is 9.80 Å². The van der Waals surface area contributed by atoms with Crippen molar-refractivity contribution in [2.75, 3.05) is 22.9 Å². The van der Waals surface area contributed by atoms with E-state index in [-0.39, 0.29) is 0 Å². The molecule has 1 aliphatic carbocycles. The van der Waals surface area contributed by atoms with Crippen LogP contribution in [0.15, 0.2) is 31.0 Å². The maximum absolute atomic E-state index is 4.50. The first-order valence-electron chi connectivity index (χ1n) is 8.95. The molecule has 2 aliphatic rings. The molecular weight excluding hydrogens is 300 g/mol. The van der Waals surface area contributed by atoms with Crippen LogP contribution in [0.25, 0.3) is 0 Å². The van der Waals surface area contributed by atoms with Crippen molar-refractivity contribution in [1.29, 1.82) is 0 Å². The van der Waals surface area contributed by atoms with Gasteiger partial charge in [-0.25, -0.2) is 19.9 Å². The quantitative estimate of drug-likeness (QED) is 0.842. The summed E-state index contributed by atoms with van der Waals surface area (Å²) in [6.45, 7) is 4.21. The molecule has 0 spiro atoms. The summed E-state index contributed by atoms with van der Waals surface area (Å²) in [6.07, 6.45) is 11.0. The van der Waals surface area contributed by atoms with E-state index >= 15 is 0 Å². The smallest absolute Gasteiger partial charge is 0.132 e. The van der Waals surface area contributed by atoms with Crippen molar-refractivity contribution in [2.45, 2.75) is 51.1 Å². The minimum absolute atomic E-state index is 0.566. The maximum Gasteiger partial charge on any atom is 0.132 e. The van der Waals surface area contributed by atoms with Crippen LogP contribution in [0.1, 0.15) is 38.3 Å². The third-order valence-corrected chi connectivity index (χ3v) is 5.02. The maximum atomic E-state index is 4.50. The predicted octanol–water partition coefficient (Wildman–Crippen LogP) is 2.47. The fourth-order valence-corrected chi connectivity index (χ4v) is 3.59. The largest absolute Gasteiger partial charge is 0.356 e. The monoisotopic (exact) mass is 324 g/mol. The normalized spacial score (nSPS) is 18.6. The van der Waals surface area contributed by atoms with Crippen LogP contribution in [0.2, 0.25) is 0 Å². The Balaban J connectivity index is 1.45. The molecule has 0 N–H and O–H groups in total. The van der Waals surface area contributed by atoms with Crippen LogP contribution in [0, 0.1) is 0 Å². The van der Waals surface area contributed by atoms with Crippen LogP contribution in [-0.4, -0.2) is 45.1 Å². The Morgan fingerprint density at radius 1 is 1.04 bits per heavy atom. The van der Waals surface area contributed by atoms with Gasteiger partial charge in [0.1, 0.15) is 24.3 Å². The standard InChI is InChI=1S/C18H24N6/c1-2-14-11-18(22-13-20-14)23-9-6-16(7-10-23)24(15-3-4-15)17-5-8-19-12-21-17/h5,8,11-13,15-16H,2-4,6-7,9-10H2,1H3. The van der Waals surface area contributed by atoms with E-state index in [9.17, 15) is 0 Å². The Bertz CT molecular complexity index is 664. The minimum Gasteiger partial charge on any atom is -0.356 e. The summed E-state index contributed by atoms with van der Waals surface area (Å²) in [7, 11) is 0. The molecule has 0 bridgehead atoms. The Morgan fingerprint density at radius 2 is 1.83 bits per heavy atom. The van der Waals surface area contributed by atoms with Gasteiger partial charge in [-0.2, -0.15) is 0 Å². The molecule has 1 saturated heterocycles. The summed E-state index contributed by atoms with van der Waals surface area (Å²) in [4.78, 5) is 22.3. The number of aromatic nitrogens is 4. The van der Waals surface area contributed by atoms with Crippen LogP contribution in [0.3, 0.4) is 0 Å². The number of hydrogen-bond acceptors (Lipinski definition) is 6. The van der Waals surface area contributed by atoms with Crippen molar-refractivity contribution >= 4 is 11.6 Å². The van der Waals surface area contributed by atoms with Crippen LogP contribution in [0.4, 0.5) is 11.6 Å². The molecule has 24 heavy (non-hydrogen) atoms. The SMILES string of the molecule is CCc1cc(N2CCC(N(c3ccncn3)C3CC3)CC2)ncn1. The van der Waals surface area contributed by atoms with E-state index in [0.29, 0.717) is 12.1 Å². The van der Waals surface area contributed by atoms with Gasteiger partial charge in [0.2, 0.25) is 0 Å². The lowest BCUT2D eigenvalue weighted by molar-refractivity contribution is 0.457. The van der Waals surface area contributed by atoms with Gasteiger partial charge in [0.25, 0.3) is 0 Å². The van der Waals surface area contributed by atoms with Gasteiger partial charge in [-0.1, -0.05) is 6.92 Å². The molecule has 2 aromatic rings. The van der Waals surface area contributed by atoms with Gasteiger partial charge >= 0.3 is 0 Å². The molecule has 1 saturated carbocycles. The van der Waals surface area contributed by atoms with E-state index in [1.54, 1.807) is 12.7 Å². The highest BCUT2D eigenvalue weighted by molar-refractivity contribution is 5.44. The molecule has 3 heterocycles. The van der Waals surface area contributed by atoms with Crippen molar-refractivity contribution in [1.82, 2.24) is 19.9 Å². The predicted molar refractivity (Wildman–Crippen MR) is 94.2 cm³/mol. The van der Waals surface area contributed by atoms with Gasteiger partial charge in [0.15, 0.2) is 0 Å². The van der Waals surface area contributed by atoms with Crippen molar-refractivity contribution < 1.29 is 0 Å². The first kappa shape index (κ1) is 15.3. The molecule has 6 heteroatoms. The van der Waals surface area contributed by atoms with E-state index in [1.165, 1.54) is 12.8 Å². The molecule has 0 aromatic carbocycles. The summed E-state index contributed by atoms with van der Waals surface area (Å²) >= 11 is 0. The van der Waals surface area contributed by atoms with Gasteiger partial charge in [-0.3, -0.25) is 0 Å². The number of anilines is 2. The lowest BCUT2D eigenvalue weighted by Crippen LogP contribution is -2.46. The van der Waals surface area contributed by atoms with E-state index in [4.69, 9.17) is 0 Å². The molecule has 4 rings (SSSR count). The Labute approximate surface area is 143 Å². The highest BCUT2D eigenvalue weighted by Crippen LogP contribution is 2.35. The van der Waals surface area contributed by atoms with Gasteiger partial charge in [-0.05, 0) is 38.2 Å². The first-order chi connectivity index (χ1) is 11.8. The van der Waals surface area contributed by atoms with Gasteiger partial charge in [0.05, 0.1) is 0 Å². The second-order valence-corrected chi connectivity index (χ2v) is 6.65. The summed E-state index contributed by atoms with van der Waals surface area (Å²) in [5.74, 6) is 2.15. The second-order valence-electron chi connectivity index (χ2n) is 6.65. The highest BCUT2D eigenvalue weighted by atomic mass is 15.3. The van der Waals surface area contributed by atoms with E-state index in [1.807, 2.05) is 12.3 Å². The average molecular weight is 324 g/mol. The molecule has 6 nitrogen and oxygen atoms in total. The fraction of sp³-hybridized carbons (Fsp3) is 0.556. The third kappa shape index (κ3) is 3.18. The van der Waals surface area contributed by atoms with Gasteiger partial charge in [0, 0.05) is 43.1 Å². The van der Waals surface area contributed by atoms with E-state index in [0.717, 1.165) is 49.7 Å². The third-order valence-electron chi connectivity index (χ3n) is 5.02. The zero-order chi connectivity index (χ0) is 16.4. The molecule has 0 unspecified atom stereocenters. The summed E-state index contributed by atoms with van der Waals surface area (Å²) in [5.41, 5.74) is 1.11. The Kier molecular flexibility index (Phi) is 4.28. The molecule has 2 fully saturated rings. The number of nitrogens with zero attached hydrogens (tertiary/aromatic N) is 6. The van der Waals surface area contributed by atoms with Crippen LogP contribution >= 0.6 is 0 Å².